The van der Waals surface area contributed by atoms with Crippen LogP contribution >= 0.6 is 0 Å². The highest BCUT2D eigenvalue weighted by atomic mass is 15.5. The Kier molecular flexibility index (Phi) is 2.52. The second kappa shape index (κ2) is 4.17. The van der Waals surface area contributed by atoms with E-state index < -0.39 is 0 Å². The van der Waals surface area contributed by atoms with Crippen LogP contribution in [0.3, 0.4) is 0 Å². The molecular weight excluding hydrogens is 210 g/mol. The lowest BCUT2D eigenvalue weighted by atomic mass is 10.2. The Balaban J connectivity index is 2.17. The molecule has 2 heterocycles. The molecule has 0 fully saturated rings. The number of aryl methyl sites for hydroxylation is 1. The van der Waals surface area contributed by atoms with E-state index in [1.54, 1.807) is 0 Å². The Morgan fingerprint density at radius 2 is 2.06 bits per heavy atom. The van der Waals surface area contributed by atoms with Crippen LogP contribution in [0.2, 0.25) is 0 Å². The van der Waals surface area contributed by atoms with Crippen molar-refractivity contribution in [3.63, 3.8) is 0 Å². The fourth-order valence-corrected chi connectivity index (χ4v) is 2.13. The average molecular weight is 226 g/mol. The highest BCUT2D eigenvalue weighted by Gasteiger charge is 2.11. The van der Waals surface area contributed by atoms with Crippen molar-refractivity contribution >= 4 is 16.4 Å². The molecule has 3 rings (SSSR count). The molecule has 0 unspecified atom stereocenters. The summed E-state index contributed by atoms with van der Waals surface area (Å²) in [6, 6.07) is 12.6. The predicted octanol–water partition coefficient (Wildman–Crippen LogP) is 2.58. The molecule has 0 N–H and O–H groups in total. The van der Waals surface area contributed by atoms with Gasteiger partial charge in [0.15, 0.2) is 17.2 Å². The summed E-state index contributed by atoms with van der Waals surface area (Å²) < 4.78 is 4.05. The molecule has 2 aromatic heterocycles. The van der Waals surface area contributed by atoms with E-state index in [1.807, 2.05) is 9.20 Å². The lowest BCUT2D eigenvalue weighted by Gasteiger charge is -1.92. The lowest BCUT2D eigenvalue weighted by molar-refractivity contribution is -0.754. The normalized spacial score (nSPS) is 11.4. The smallest absolute Gasteiger partial charge is 0.136 e. The summed E-state index contributed by atoms with van der Waals surface area (Å²) in [5.41, 5.74) is 2.32. The van der Waals surface area contributed by atoms with Gasteiger partial charge in [-0.2, -0.15) is 0 Å². The second-order valence-corrected chi connectivity index (χ2v) is 4.36. The summed E-state index contributed by atoms with van der Waals surface area (Å²) in [5.74, 6) is 0. The molecule has 3 nitrogen and oxygen atoms in total. The zero-order valence-corrected chi connectivity index (χ0v) is 10.0. The number of rotatable bonds is 3. The quantitative estimate of drug-likeness (QED) is 0.629. The van der Waals surface area contributed by atoms with Gasteiger partial charge in [-0.1, -0.05) is 36.1 Å². The van der Waals surface area contributed by atoms with Gasteiger partial charge in [-0.3, -0.25) is 0 Å². The van der Waals surface area contributed by atoms with Crippen molar-refractivity contribution < 1.29 is 4.68 Å². The van der Waals surface area contributed by atoms with Gasteiger partial charge in [-0.15, -0.1) is 4.68 Å². The number of para-hydroxylation sites is 1. The van der Waals surface area contributed by atoms with E-state index in [-0.39, 0.29) is 0 Å². The number of nitrogens with zero attached hydrogens (tertiary/aromatic N) is 3. The minimum absolute atomic E-state index is 0.993. The number of hydrogen-bond acceptors (Lipinski definition) is 1. The third kappa shape index (κ3) is 1.78. The molecule has 0 aliphatic rings. The fraction of sp³-hybridized carbons (Fsp3) is 0.286. The molecule has 3 aromatic rings. The zero-order valence-electron chi connectivity index (χ0n) is 10.0. The summed E-state index contributed by atoms with van der Waals surface area (Å²) in [7, 11) is 0. The van der Waals surface area contributed by atoms with Crippen molar-refractivity contribution in [1.82, 2.24) is 9.73 Å². The standard InChI is InChI=1S/C14H16N3/c1-2-3-10-16-11-13-9-8-12-6-4-5-7-14(12)17(13)15-16/h4-9,11H,2-3,10H2,1H3/q+1. The Bertz CT molecular complexity index is 655. The Hall–Kier alpha value is -1.90. The molecule has 0 saturated carbocycles. The third-order valence-electron chi connectivity index (χ3n) is 3.07. The molecule has 0 atom stereocenters. The minimum atomic E-state index is 0.993. The van der Waals surface area contributed by atoms with E-state index in [2.05, 4.69) is 54.7 Å². The molecule has 0 amide bonds. The van der Waals surface area contributed by atoms with Gasteiger partial charge in [0, 0.05) is 5.39 Å². The molecule has 0 spiro atoms. The van der Waals surface area contributed by atoms with Crippen LogP contribution in [0.4, 0.5) is 0 Å². The van der Waals surface area contributed by atoms with Gasteiger partial charge in [0.05, 0.1) is 5.21 Å². The number of benzene rings is 1. The number of aromatic nitrogens is 3. The predicted molar refractivity (Wildman–Crippen MR) is 67.8 cm³/mol. The van der Waals surface area contributed by atoms with Gasteiger partial charge in [0.25, 0.3) is 0 Å². The maximum Gasteiger partial charge on any atom is 0.197 e. The summed E-state index contributed by atoms with van der Waals surface area (Å²) in [4.78, 5) is 0. The van der Waals surface area contributed by atoms with E-state index in [4.69, 9.17) is 0 Å². The molecule has 86 valence electrons. The lowest BCUT2D eigenvalue weighted by Crippen LogP contribution is -2.35. The number of hydrogen-bond donors (Lipinski definition) is 0. The first kappa shape index (κ1) is 10.3. The third-order valence-corrected chi connectivity index (χ3v) is 3.07. The van der Waals surface area contributed by atoms with E-state index >= 15 is 0 Å². The van der Waals surface area contributed by atoms with Crippen molar-refractivity contribution in [3.8, 4) is 0 Å². The molecular formula is C14H16N3+. The monoisotopic (exact) mass is 226 g/mol. The van der Waals surface area contributed by atoms with Crippen LogP contribution in [-0.2, 0) is 6.54 Å². The van der Waals surface area contributed by atoms with Gasteiger partial charge in [0.2, 0.25) is 0 Å². The van der Waals surface area contributed by atoms with Gasteiger partial charge < -0.3 is 0 Å². The topological polar surface area (TPSA) is 21.2 Å². The van der Waals surface area contributed by atoms with Gasteiger partial charge in [0.1, 0.15) is 6.54 Å². The number of unbranched alkanes of at least 4 members (excludes halogenated alkanes) is 1. The van der Waals surface area contributed by atoms with E-state index in [1.165, 1.54) is 23.7 Å². The van der Waals surface area contributed by atoms with E-state index in [0.29, 0.717) is 0 Å². The number of pyridine rings is 1. The Labute approximate surface area is 100 Å². The first-order valence-corrected chi connectivity index (χ1v) is 6.16. The maximum atomic E-state index is 4.61. The first-order valence-electron chi connectivity index (χ1n) is 6.16. The fourth-order valence-electron chi connectivity index (χ4n) is 2.13. The van der Waals surface area contributed by atoms with Crippen LogP contribution in [-0.4, -0.2) is 9.73 Å². The van der Waals surface area contributed by atoms with E-state index in [0.717, 1.165) is 12.1 Å². The Morgan fingerprint density at radius 3 is 2.94 bits per heavy atom. The highest BCUT2D eigenvalue weighted by molar-refractivity contribution is 5.81. The average Bonchev–Trinajstić information content (AvgIpc) is 2.79. The molecule has 0 radical (unpaired) electrons. The molecule has 0 aliphatic carbocycles. The molecule has 0 bridgehead atoms. The van der Waals surface area contributed by atoms with Crippen molar-refractivity contribution in [3.05, 3.63) is 42.6 Å². The van der Waals surface area contributed by atoms with Crippen molar-refractivity contribution in [2.45, 2.75) is 26.3 Å². The largest absolute Gasteiger partial charge is 0.197 e. The number of fused-ring (bicyclic) bond motifs is 3. The summed E-state index contributed by atoms with van der Waals surface area (Å²) in [6.45, 7) is 3.19. The van der Waals surface area contributed by atoms with Crippen LogP contribution in [0.1, 0.15) is 19.8 Å². The van der Waals surface area contributed by atoms with Crippen LogP contribution < -0.4 is 4.68 Å². The Morgan fingerprint density at radius 1 is 1.18 bits per heavy atom. The van der Waals surface area contributed by atoms with Crippen molar-refractivity contribution in [1.29, 1.82) is 0 Å². The van der Waals surface area contributed by atoms with Crippen LogP contribution in [0.5, 0.6) is 0 Å². The second-order valence-electron chi connectivity index (χ2n) is 4.36. The van der Waals surface area contributed by atoms with Crippen molar-refractivity contribution in [2.75, 3.05) is 0 Å². The van der Waals surface area contributed by atoms with Crippen LogP contribution in [0.15, 0.2) is 42.6 Å². The highest BCUT2D eigenvalue weighted by Crippen LogP contribution is 2.14. The molecule has 0 aliphatic heterocycles. The zero-order chi connectivity index (χ0) is 11.7. The maximum absolute atomic E-state index is 4.61. The minimum Gasteiger partial charge on any atom is -0.136 e. The van der Waals surface area contributed by atoms with Crippen LogP contribution in [0, 0.1) is 0 Å². The van der Waals surface area contributed by atoms with Crippen LogP contribution in [0.25, 0.3) is 16.4 Å². The summed E-state index contributed by atoms with van der Waals surface area (Å²) >= 11 is 0. The van der Waals surface area contributed by atoms with Crippen molar-refractivity contribution in [2.24, 2.45) is 0 Å². The SMILES string of the molecule is CCCC[n+]1cc2ccc3ccccc3n2n1. The first-order chi connectivity index (χ1) is 8.38. The van der Waals surface area contributed by atoms with Gasteiger partial charge in [-0.05, 0) is 24.6 Å². The summed E-state index contributed by atoms with van der Waals surface area (Å²) in [5, 5.41) is 5.84. The molecule has 1 aromatic carbocycles. The molecule has 0 saturated heterocycles. The van der Waals surface area contributed by atoms with Gasteiger partial charge >= 0.3 is 0 Å². The molecule has 17 heavy (non-hydrogen) atoms. The molecule has 3 heteroatoms. The van der Waals surface area contributed by atoms with Gasteiger partial charge in [-0.25, -0.2) is 0 Å². The van der Waals surface area contributed by atoms with E-state index in [9.17, 15) is 0 Å². The summed E-state index contributed by atoms with van der Waals surface area (Å²) in [6.07, 6.45) is 4.48.